The van der Waals surface area contributed by atoms with E-state index >= 15 is 0 Å². The molecule has 4 rings (SSSR count). The highest BCUT2D eigenvalue weighted by atomic mass is 35.5. The fourth-order valence-electron chi connectivity index (χ4n) is 3.61. The molecule has 1 heterocycles. The smallest absolute Gasteiger partial charge is 0.0655 e. The molecule has 0 fully saturated rings. The van der Waals surface area contributed by atoms with Crippen LogP contribution in [0.1, 0.15) is 29.5 Å². The second-order valence-corrected chi connectivity index (χ2v) is 6.58. The van der Waals surface area contributed by atoms with Gasteiger partial charge in [-0.15, -0.1) is 0 Å². The fourth-order valence-corrected chi connectivity index (χ4v) is 4.18. The number of hydrogen-bond donors (Lipinski definition) is 1. The van der Waals surface area contributed by atoms with E-state index in [-0.39, 0.29) is 6.04 Å². The standard InChI is InChI=1S/C18H15Cl2N/c19-12-9-15-13-7-4-8-14(13)17(11-5-2-1-3-6-11)21-18(15)16(20)10-12/h1-7,9-10,13-14,17,21H,8H2/t13-,14+,17+/m1/s1. The molecule has 3 heteroatoms. The molecule has 0 spiro atoms. The Labute approximate surface area is 134 Å². The third kappa shape index (κ3) is 2.16. The van der Waals surface area contributed by atoms with Crippen molar-refractivity contribution in [1.82, 2.24) is 0 Å². The van der Waals surface area contributed by atoms with Crippen LogP contribution in [0.4, 0.5) is 5.69 Å². The lowest BCUT2D eigenvalue weighted by molar-refractivity contribution is 0.425. The Morgan fingerprint density at radius 1 is 1.05 bits per heavy atom. The highest BCUT2D eigenvalue weighted by Gasteiger charge is 2.38. The molecule has 0 saturated heterocycles. The maximum atomic E-state index is 6.42. The van der Waals surface area contributed by atoms with Gasteiger partial charge in [-0.3, -0.25) is 0 Å². The molecule has 21 heavy (non-hydrogen) atoms. The maximum Gasteiger partial charge on any atom is 0.0655 e. The molecule has 3 atom stereocenters. The second-order valence-electron chi connectivity index (χ2n) is 5.74. The highest BCUT2D eigenvalue weighted by Crippen LogP contribution is 2.52. The van der Waals surface area contributed by atoms with Gasteiger partial charge in [-0.05, 0) is 35.6 Å². The molecule has 0 aromatic heterocycles. The number of fused-ring (bicyclic) bond motifs is 3. The Hall–Kier alpha value is -1.44. The Bertz CT molecular complexity index is 709. The lowest BCUT2D eigenvalue weighted by Gasteiger charge is -2.38. The van der Waals surface area contributed by atoms with Crippen molar-refractivity contribution in [3.05, 3.63) is 75.8 Å². The first-order chi connectivity index (χ1) is 10.2. The van der Waals surface area contributed by atoms with Gasteiger partial charge < -0.3 is 5.32 Å². The van der Waals surface area contributed by atoms with Crippen molar-refractivity contribution < 1.29 is 0 Å². The van der Waals surface area contributed by atoms with Crippen LogP contribution < -0.4 is 5.32 Å². The summed E-state index contributed by atoms with van der Waals surface area (Å²) in [5, 5.41) is 5.06. The molecule has 0 amide bonds. The monoisotopic (exact) mass is 315 g/mol. The number of benzene rings is 2. The lowest BCUT2D eigenvalue weighted by atomic mass is 9.77. The molecular weight excluding hydrogens is 301 g/mol. The highest BCUT2D eigenvalue weighted by molar-refractivity contribution is 6.36. The van der Waals surface area contributed by atoms with Crippen molar-refractivity contribution in [3.8, 4) is 0 Å². The number of halogens is 2. The van der Waals surface area contributed by atoms with Crippen molar-refractivity contribution in [2.75, 3.05) is 5.32 Å². The molecule has 2 aromatic rings. The van der Waals surface area contributed by atoms with E-state index in [9.17, 15) is 0 Å². The molecule has 2 aromatic carbocycles. The van der Waals surface area contributed by atoms with Gasteiger partial charge in [-0.25, -0.2) is 0 Å². The Balaban J connectivity index is 1.84. The third-order valence-electron chi connectivity index (χ3n) is 4.54. The van der Waals surface area contributed by atoms with Crippen molar-refractivity contribution in [2.24, 2.45) is 5.92 Å². The molecule has 0 saturated carbocycles. The largest absolute Gasteiger partial charge is 0.376 e. The number of hydrogen-bond acceptors (Lipinski definition) is 1. The van der Waals surface area contributed by atoms with Crippen LogP contribution in [0.5, 0.6) is 0 Å². The van der Waals surface area contributed by atoms with Crippen molar-refractivity contribution in [3.63, 3.8) is 0 Å². The van der Waals surface area contributed by atoms with E-state index in [1.165, 1.54) is 11.1 Å². The van der Waals surface area contributed by atoms with Gasteiger partial charge in [0.05, 0.1) is 16.8 Å². The van der Waals surface area contributed by atoms with Crippen LogP contribution in [0.25, 0.3) is 0 Å². The minimum absolute atomic E-state index is 0.289. The maximum absolute atomic E-state index is 6.42. The zero-order valence-corrected chi connectivity index (χ0v) is 12.9. The first-order valence-corrected chi connectivity index (χ1v) is 7.97. The zero-order chi connectivity index (χ0) is 14.4. The van der Waals surface area contributed by atoms with Crippen LogP contribution in [0.15, 0.2) is 54.6 Å². The summed E-state index contributed by atoms with van der Waals surface area (Å²) in [5.74, 6) is 0.914. The van der Waals surface area contributed by atoms with Gasteiger partial charge in [-0.2, -0.15) is 0 Å². The quantitative estimate of drug-likeness (QED) is 0.654. The summed E-state index contributed by atoms with van der Waals surface area (Å²) >= 11 is 12.6. The summed E-state index contributed by atoms with van der Waals surface area (Å²) in [4.78, 5) is 0. The van der Waals surface area contributed by atoms with E-state index in [4.69, 9.17) is 23.2 Å². The average Bonchev–Trinajstić information content (AvgIpc) is 2.97. The van der Waals surface area contributed by atoms with Crippen molar-refractivity contribution in [1.29, 1.82) is 0 Å². The third-order valence-corrected chi connectivity index (χ3v) is 5.06. The summed E-state index contributed by atoms with van der Waals surface area (Å²) in [6.07, 6.45) is 5.66. The van der Waals surface area contributed by atoms with Gasteiger partial charge in [-0.1, -0.05) is 65.7 Å². The molecule has 2 aliphatic rings. The van der Waals surface area contributed by atoms with Gasteiger partial charge >= 0.3 is 0 Å². The molecule has 1 aliphatic heterocycles. The molecule has 1 aliphatic carbocycles. The normalized spacial score (nSPS) is 26.1. The van der Waals surface area contributed by atoms with E-state index in [0.717, 1.165) is 12.1 Å². The number of allylic oxidation sites excluding steroid dienone is 2. The second kappa shape index (κ2) is 5.08. The first-order valence-electron chi connectivity index (χ1n) is 7.21. The van der Waals surface area contributed by atoms with Crippen LogP contribution in [-0.4, -0.2) is 0 Å². The van der Waals surface area contributed by atoms with Crippen LogP contribution in [-0.2, 0) is 0 Å². The average molecular weight is 316 g/mol. The van der Waals surface area contributed by atoms with E-state index in [0.29, 0.717) is 21.9 Å². The van der Waals surface area contributed by atoms with E-state index in [2.05, 4.69) is 47.8 Å². The topological polar surface area (TPSA) is 12.0 Å². The Morgan fingerprint density at radius 2 is 1.86 bits per heavy atom. The summed E-state index contributed by atoms with van der Waals surface area (Å²) in [6, 6.07) is 14.7. The molecule has 0 unspecified atom stereocenters. The molecule has 1 N–H and O–H groups in total. The van der Waals surface area contributed by atoms with E-state index < -0.39 is 0 Å². The van der Waals surface area contributed by atoms with Gasteiger partial charge in [0, 0.05) is 10.9 Å². The fraction of sp³-hybridized carbons (Fsp3) is 0.222. The number of nitrogens with one attached hydrogen (secondary N) is 1. The van der Waals surface area contributed by atoms with E-state index in [1.807, 2.05) is 12.1 Å². The van der Waals surface area contributed by atoms with Crippen LogP contribution in [0.3, 0.4) is 0 Å². The Morgan fingerprint density at radius 3 is 2.67 bits per heavy atom. The molecular formula is C18H15Cl2N. The van der Waals surface area contributed by atoms with Crippen LogP contribution in [0.2, 0.25) is 10.0 Å². The van der Waals surface area contributed by atoms with Gasteiger partial charge in [0.15, 0.2) is 0 Å². The lowest BCUT2D eigenvalue weighted by Crippen LogP contribution is -2.29. The van der Waals surface area contributed by atoms with Crippen LogP contribution in [0, 0.1) is 5.92 Å². The molecule has 0 bridgehead atoms. The number of rotatable bonds is 1. The van der Waals surface area contributed by atoms with Gasteiger partial charge in [0.25, 0.3) is 0 Å². The summed E-state index contributed by atoms with van der Waals surface area (Å²) in [7, 11) is 0. The predicted molar refractivity (Wildman–Crippen MR) is 89.3 cm³/mol. The predicted octanol–water partition coefficient (Wildman–Crippen LogP) is 5.82. The van der Waals surface area contributed by atoms with Gasteiger partial charge in [0.1, 0.15) is 0 Å². The van der Waals surface area contributed by atoms with Crippen molar-refractivity contribution in [2.45, 2.75) is 18.4 Å². The zero-order valence-electron chi connectivity index (χ0n) is 11.4. The molecule has 0 radical (unpaired) electrons. The summed E-state index contributed by atoms with van der Waals surface area (Å²) in [6.45, 7) is 0. The molecule has 1 nitrogen and oxygen atoms in total. The SMILES string of the molecule is Clc1cc(Cl)c2c(c1)[C@@H]1C=CC[C@@H]1[C@H](c1ccccc1)N2. The van der Waals surface area contributed by atoms with Crippen LogP contribution >= 0.6 is 23.2 Å². The summed E-state index contributed by atoms with van der Waals surface area (Å²) in [5.41, 5.74) is 3.56. The van der Waals surface area contributed by atoms with Crippen molar-refractivity contribution >= 4 is 28.9 Å². The van der Waals surface area contributed by atoms with Gasteiger partial charge in [0.2, 0.25) is 0 Å². The minimum Gasteiger partial charge on any atom is -0.376 e. The summed E-state index contributed by atoms with van der Waals surface area (Å²) < 4.78 is 0. The minimum atomic E-state index is 0.289. The van der Waals surface area contributed by atoms with E-state index in [1.54, 1.807) is 0 Å². The Kier molecular flexibility index (Phi) is 3.20. The molecule has 106 valence electrons. The number of anilines is 1. The first kappa shape index (κ1) is 13.2.